The van der Waals surface area contributed by atoms with E-state index in [1.54, 1.807) is 6.26 Å². The average molecular weight is 287 g/mol. The summed E-state index contributed by atoms with van der Waals surface area (Å²) in [6.07, 6.45) is 1.43. The Kier molecular flexibility index (Phi) is 2.78. The zero-order valence-electron chi connectivity index (χ0n) is 11.4. The van der Waals surface area contributed by atoms with Crippen molar-refractivity contribution < 1.29 is 9.15 Å². The van der Waals surface area contributed by atoms with Crippen LogP contribution in [0.4, 0.5) is 5.82 Å². The van der Waals surface area contributed by atoms with Gasteiger partial charge in [0, 0.05) is 6.54 Å². The van der Waals surface area contributed by atoms with Crippen LogP contribution in [0.2, 0.25) is 0 Å². The van der Waals surface area contributed by atoms with Crippen LogP contribution in [0.3, 0.4) is 0 Å². The molecule has 3 aromatic heterocycles. The summed E-state index contributed by atoms with van der Waals surface area (Å²) in [5.74, 6) is 1.40. The quantitative estimate of drug-likeness (QED) is 0.668. The van der Waals surface area contributed by atoms with Gasteiger partial charge in [0.05, 0.1) is 18.8 Å². The van der Waals surface area contributed by atoms with Crippen LogP contribution in [0.5, 0.6) is 0 Å². The summed E-state index contributed by atoms with van der Waals surface area (Å²) >= 11 is 0. The molecule has 1 atom stereocenters. The maximum atomic E-state index is 5.73. The van der Waals surface area contributed by atoms with Gasteiger partial charge in [0.15, 0.2) is 17.6 Å². The molecule has 1 unspecified atom stereocenters. The summed E-state index contributed by atoms with van der Waals surface area (Å²) in [5.41, 5.74) is 1.46. The molecule has 9 nitrogen and oxygen atoms in total. The molecule has 0 aliphatic carbocycles. The number of fused-ring (bicyclic) bond motifs is 1. The van der Waals surface area contributed by atoms with Gasteiger partial charge in [-0.2, -0.15) is 0 Å². The largest absolute Gasteiger partial charge is 0.446 e. The maximum absolute atomic E-state index is 5.73. The fourth-order valence-corrected chi connectivity index (χ4v) is 2.34. The summed E-state index contributed by atoms with van der Waals surface area (Å²) in [6.45, 7) is 3.85. The normalized spacial score (nSPS) is 19.3. The molecule has 0 saturated carbocycles. The highest BCUT2D eigenvalue weighted by atomic mass is 16.5. The number of oxazole rings is 1. The fraction of sp³-hybridized carbons (Fsp3) is 0.417. The van der Waals surface area contributed by atoms with Gasteiger partial charge in [0.1, 0.15) is 6.26 Å². The van der Waals surface area contributed by atoms with Crippen molar-refractivity contribution in [2.24, 2.45) is 0 Å². The lowest BCUT2D eigenvalue weighted by molar-refractivity contribution is 0.0219. The van der Waals surface area contributed by atoms with Gasteiger partial charge in [-0.05, 0) is 29.5 Å². The summed E-state index contributed by atoms with van der Waals surface area (Å²) in [4.78, 5) is 6.43. The number of hydrogen-bond acceptors (Lipinski definition) is 8. The standard InChI is InChI=1S/C12H13N7O2/c1-8-7-21-12(13-8)9-6-18(4-5-20-9)11-3-2-10-14-16-17-19(10)15-11/h2-3,7,9H,4-6H2,1H3. The molecule has 3 aromatic rings. The minimum absolute atomic E-state index is 0.196. The number of aromatic nitrogens is 6. The molecule has 1 fully saturated rings. The predicted molar refractivity (Wildman–Crippen MR) is 70.7 cm³/mol. The molecule has 0 bridgehead atoms. The number of hydrogen-bond donors (Lipinski definition) is 0. The van der Waals surface area contributed by atoms with Crippen molar-refractivity contribution in [3.63, 3.8) is 0 Å². The zero-order valence-corrected chi connectivity index (χ0v) is 11.4. The van der Waals surface area contributed by atoms with E-state index in [1.807, 2.05) is 19.1 Å². The number of tetrazole rings is 1. The Morgan fingerprint density at radius 2 is 2.29 bits per heavy atom. The van der Waals surface area contributed by atoms with Gasteiger partial charge in [-0.15, -0.1) is 14.8 Å². The second-order valence-electron chi connectivity index (χ2n) is 4.85. The number of ether oxygens (including phenoxy) is 1. The van der Waals surface area contributed by atoms with Crippen molar-refractivity contribution in [2.75, 3.05) is 24.6 Å². The van der Waals surface area contributed by atoms with E-state index in [0.29, 0.717) is 24.7 Å². The van der Waals surface area contributed by atoms with E-state index in [1.165, 1.54) is 4.63 Å². The first-order valence-corrected chi connectivity index (χ1v) is 6.63. The average Bonchev–Trinajstić information content (AvgIpc) is 3.15. The molecule has 1 aliphatic heterocycles. The number of anilines is 1. The number of nitrogens with zero attached hydrogens (tertiary/aromatic N) is 7. The Hall–Kier alpha value is -2.55. The predicted octanol–water partition coefficient (Wildman–Crippen LogP) is 0.394. The molecular formula is C12H13N7O2. The molecule has 0 aromatic carbocycles. The SMILES string of the molecule is Cc1coc(C2CN(c3ccc4nnnn4n3)CCO2)n1. The third-order valence-electron chi connectivity index (χ3n) is 3.36. The second kappa shape index (κ2) is 4.77. The number of rotatable bonds is 2. The minimum atomic E-state index is -0.196. The van der Waals surface area contributed by atoms with Gasteiger partial charge in [-0.1, -0.05) is 0 Å². The molecule has 0 N–H and O–H groups in total. The Bertz CT molecular complexity index is 768. The first kappa shape index (κ1) is 12.2. The van der Waals surface area contributed by atoms with Gasteiger partial charge >= 0.3 is 0 Å². The van der Waals surface area contributed by atoms with E-state index in [-0.39, 0.29) is 6.10 Å². The highest BCUT2D eigenvalue weighted by Crippen LogP contribution is 2.24. The van der Waals surface area contributed by atoms with Crippen molar-refractivity contribution in [3.8, 4) is 0 Å². The third kappa shape index (κ3) is 2.21. The summed E-state index contributed by atoms with van der Waals surface area (Å²) < 4.78 is 12.6. The van der Waals surface area contributed by atoms with Crippen molar-refractivity contribution in [1.29, 1.82) is 0 Å². The first-order chi connectivity index (χ1) is 10.3. The van der Waals surface area contributed by atoms with Crippen LogP contribution in [0.15, 0.2) is 22.8 Å². The molecule has 1 saturated heterocycles. The molecule has 21 heavy (non-hydrogen) atoms. The van der Waals surface area contributed by atoms with Gasteiger partial charge in [0.25, 0.3) is 0 Å². The lowest BCUT2D eigenvalue weighted by atomic mass is 10.2. The Morgan fingerprint density at radius 1 is 1.33 bits per heavy atom. The van der Waals surface area contributed by atoms with E-state index in [9.17, 15) is 0 Å². The van der Waals surface area contributed by atoms with Crippen LogP contribution in [-0.2, 0) is 4.74 Å². The lowest BCUT2D eigenvalue weighted by Crippen LogP contribution is -2.39. The van der Waals surface area contributed by atoms with Crippen LogP contribution in [0.1, 0.15) is 17.7 Å². The minimum Gasteiger partial charge on any atom is -0.446 e. The van der Waals surface area contributed by atoms with E-state index in [2.05, 4.69) is 30.5 Å². The first-order valence-electron chi connectivity index (χ1n) is 6.63. The van der Waals surface area contributed by atoms with Gasteiger partial charge in [-0.3, -0.25) is 0 Å². The number of morpholine rings is 1. The van der Waals surface area contributed by atoms with Crippen LogP contribution in [-0.4, -0.2) is 49.9 Å². The molecule has 1 aliphatic rings. The molecular weight excluding hydrogens is 274 g/mol. The smallest absolute Gasteiger partial charge is 0.225 e. The van der Waals surface area contributed by atoms with Crippen LogP contribution in [0, 0.1) is 6.92 Å². The zero-order chi connectivity index (χ0) is 14.2. The van der Waals surface area contributed by atoms with E-state index >= 15 is 0 Å². The molecule has 0 amide bonds. The molecule has 0 spiro atoms. The molecule has 9 heteroatoms. The van der Waals surface area contributed by atoms with E-state index in [0.717, 1.165) is 18.1 Å². The van der Waals surface area contributed by atoms with Crippen molar-refractivity contribution in [3.05, 3.63) is 30.0 Å². The van der Waals surface area contributed by atoms with E-state index in [4.69, 9.17) is 9.15 Å². The van der Waals surface area contributed by atoms with Crippen molar-refractivity contribution >= 4 is 11.5 Å². The topological polar surface area (TPSA) is 94.5 Å². The third-order valence-corrected chi connectivity index (χ3v) is 3.36. The van der Waals surface area contributed by atoms with Crippen LogP contribution in [0.25, 0.3) is 5.65 Å². The van der Waals surface area contributed by atoms with E-state index < -0.39 is 0 Å². The Balaban J connectivity index is 1.59. The fourth-order valence-electron chi connectivity index (χ4n) is 2.34. The van der Waals surface area contributed by atoms with Gasteiger partial charge < -0.3 is 14.1 Å². The molecule has 4 heterocycles. The highest BCUT2D eigenvalue weighted by Gasteiger charge is 2.26. The highest BCUT2D eigenvalue weighted by molar-refractivity contribution is 5.44. The second-order valence-corrected chi connectivity index (χ2v) is 4.85. The lowest BCUT2D eigenvalue weighted by Gasteiger charge is -2.31. The van der Waals surface area contributed by atoms with Gasteiger partial charge in [-0.25, -0.2) is 4.98 Å². The summed E-state index contributed by atoms with van der Waals surface area (Å²) in [5, 5.41) is 15.6. The Morgan fingerprint density at radius 3 is 3.14 bits per heavy atom. The molecule has 4 rings (SSSR count). The van der Waals surface area contributed by atoms with Crippen molar-refractivity contribution in [1.82, 2.24) is 30.2 Å². The van der Waals surface area contributed by atoms with Crippen molar-refractivity contribution in [2.45, 2.75) is 13.0 Å². The maximum Gasteiger partial charge on any atom is 0.225 e. The molecule has 108 valence electrons. The van der Waals surface area contributed by atoms with Crippen LogP contribution >= 0.6 is 0 Å². The van der Waals surface area contributed by atoms with Gasteiger partial charge in [0.2, 0.25) is 5.89 Å². The Labute approximate surface area is 119 Å². The van der Waals surface area contributed by atoms with Crippen LogP contribution < -0.4 is 4.90 Å². The molecule has 0 radical (unpaired) electrons. The number of aryl methyl sites for hydroxylation is 1. The summed E-state index contributed by atoms with van der Waals surface area (Å²) in [7, 11) is 0. The summed E-state index contributed by atoms with van der Waals surface area (Å²) in [6, 6.07) is 3.73. The monoisotopic (exact) mass is 287 g/mol.